The zero-order valence-electron chi connectivity index (χ0n) is 12.6. The standard InChI is InChI=1S/C16H15FN2O4/c1-10-14(4-3-5-15(10)19(21)22)18-16(20)11(2)23-13-8-6-12(17)7-9-13/h3-9,11H,1-2H3,(H,18,20)/t11-/m1/s1. The van der Waals surface area contributed by atoms with Crippen LogP contribution in [0.2, 0.25) is 0 Å². The quantitative estimate of drug-likeness (QED) is 0.676. The number of carbonyl (C=O) groups is 1. The van der Waals surface area contributed by atoms with Gasteiger partial charge in [-0.25, -0.2) is 4.39 Å². The van der Waals surface area contributed by atoms with E-state index in [9.17, 15) is 19.3 Å². The first-order chi connectivity index (χ1) is 10.9. The fourth-order valence-electron chi connectivity index (χ4n) is 1.96. The van der Waals surface area contributed by atoms with Gasteiger partial charge in [-0.3, -0.25) is 14.9 Å². The van der Waals surface area contributed by atoms with Gasteiger partial charge in [0.25, 0.3) is 11.6 Å². The summed E-state index contributed by atoms with van der Waals surface area (Å²) in [6.45, 7) is 3.09. The summed E-state index contributed by atoms with van der Waals surface area (Å²) in [5, 5.41) is 13.5. The number of carbonyl (C=O) groups excluding carboxylic acids is 1. The number of anilines is 1. The van der Waals surface area contributed by atoms with Crippen LogP contribution in [0.25, 0.3) is 0 Å². The van der Waals surface area contributed by atoms with Gasteiger partial charge in [0.2, 0.25) is 0 Å². The van der Waals surface area contributed by atoms with Crippen LogP contribution in [0.15, 0.2) is 42.5 Å². The first-order valence-corrected chi connectivity index (χ1v) is 6.85. The molecule has 0 radical (unpaired) electrons. The van der Waals surface area contributed by atoms with Crippen molar-refractivity contribution < 1.29 is 18.8 Å². The summed E-state index contributed by atoms with van der Waals surface area (Å²) in [7, 11) is 0. The Kier molecular flexibility index (Phi) is 4.90. The Hall–Kier alpha value is -2.96. The van der Waals surface area contributed by atoms with Crippen molar-refractivity contribution >= 4 is 17.3 Å². The van der Waals surface area contributed by atoms with E-state index in [0.717, 1.165) is 0 Å². The molecule has 0 bridgehead atoms. The van der Waals surface area contributed by atoms with Crippen molar-refractivity contribution in [1.82, 2.24) is 0 Å². The van der Waals surface area contributed by atoms with Crippen molar-refractivity contribution in [2.45, 2.75) is 20.0 Å². The van der Waals surface area contributed by atoms with Crippen LogP contribution in [-0.2, 0) is 4.79 Å². The molecule has 0 saturated heterocycles. The minimum Gasteiger partial charge on any atom is -0.481 e. The Morgan fingerprint density at radius 1 is 1.26 bits per heavy atom. The third-order valence-electron chi connectivity index (χ3n) is 3.26. The summed E-state index contributed by atoms with van der Waals surface area (Å²) >= 11 is 0. The number of nitro groups is 1. The van der Waals surface area contributed by atoms with E-state index < -0.39 is 22.8 Å². The maximum atomic E-state index is 12.8. The molecule has 0 spiro atoms. The fourth-order valence-corrected chi connectivity index (χ4v) is 1.96. The summed E-state index contributed by atoms with van der Waals surface area (Å²) in [4.78, 5) is 22.5. The molecule has 7 heteroatoms. The molecule has 0 aliphatic rings. The molecule has 0 aliphatic carbocycles. The molecular weight excluding hydrogens is 303 g/mol. The molecule has 1 amide bonds. The second-order valence-corrected chi connectivity index (χ2v) is 4.91. The van der Waals surface area contributed by atoms with Crippen LogP contribution in [0.3, 0.4) is 0 Å². The van der Waals surface area contributed by atoms with Gasteiger partial charge in [-0.15, -0.1) is 0 Å². The van der Waals surface area contributed by atoms with Crippen LogP contribution in [0.1, 0.15) is 12.5 Å². The number of hydrogen-bond acceptors (Lipinski definition) is 4. The van der Waals surface area contributed by atoms with Crippen molar-refractivity contribution in [3.05, 3.63) is 64.0 Å². The largest absolute Gasteiger partial charge is 0.481 e. The molecule has 0 fully saturated rings. The minimum atomic E-state index is -0.848. The monoisotopic (exact) mass is 318 g/mol. The van der Waals surface area contributed by atoms with Crippen LogP contribution in [0, 0.1) is 22.9 Å². The number of benzene rings is 2. The van der Waals surface area contributed by atoms with Crippen LogP contribution in [-0.4, -0.2) is 16.9 Å². The zero-order valence-corrected chi connectivity index (χ0v) is 12.6. The Balaban J connectivity index is 2.08. The maximum absolute atomic E-state index is 12.8. The number of halogens is 1. The molecule has 6 nitrogen and oxygen atoms in total. The highest BCUT2D eigenvalue weighted by molar-refractivity contribution is 5.95. The van der Waals surface area contributed by atoms with Gasteiger partial charge in [0.15, 0.2) is 6.10 Å². The van der Waals surface area contributed by atoms with Gasteiger partial charge < -0.3 is 10.1 Å². The summed E-state index contributed by atoms with van der Waals surface area (Å²) in [5.41, 5.74) is 0.633. The highest BCUT2D eigenvalue weighted by Gasteiger charge is 2.19. The lowest BCUT2D eigenvalue weighted by molar-refractivity contribution is -0.385. The molecule has 0 unspecified atom stereocenters. The van der Waals surface area contributed by atoms with Gasteiger partial charge in [0, 0.05) is 6.07 Å². The molecular formula is C16H15FN2O4. The van der Waals surface area contributed by atoms with E-state index in [4.69, 9.17) is 4.74 Å². The smallest absolute Gasteiger partial charge is 0.274 e. The number of nitrogens with one attached hydrogen (secondary N) is 1. The second-order valence-electron chi connectivity index (χ2n) is 4.91. The average Bonchev–Trinajstić information content (AvgIpc) is 2.51. The van der Waals surface area contributed by atoms with Gasteiger partial charge in [-0.1, -0.05) is 6.07 Å². The Labute approximate surface area is 132 Å². The van der Waals surface area contributed by atoms with Crippen LogP contribution in [0.5, 0.6) is 5.75 Å². The summed E-state index contributed by atoms with van der Waals surface area (Å²) in [5.74, 6) is -0.510. The van der Waals surface area contributed by atoms with Gasteiger partial charge in [0.1, 0.15) is 11.6 Å². The highest BCUT2D eigenvalue weighted by atomic mass is 19.1. The molecule has 1 atom stereocenters. The molecule has 2 rings (SSSR count). The van der Waals surface area contributed by atoms with E-state index >= 15 is 0 Å². The molecule has 0 saturated carbocycles. The number of ether oxygens (including phenoxy) is 1. The molecule has 120 valence electrons. The molecule has 0 aliphatic heterocycles. The van der Waals surface area contributed by atoms with E-state index in [1.54, 1.807) is 13.0 Å². The molecule has 23 heavy (non-hydrogen) atoms. The lowest BCUT2D eigenvalue weighted by Gasteiger charge is -2.15. The van der Waals surface area contributed by atoms with Crippen LogP contribution < -0.4 is 10.1 Å². The van der Waals surface area contributed by atoms with E-state index in [0.29, 0.717) is 17.0 Å². The van der Waals surface area contributed by atoms with E-state index in [2.05, 4.69) is 5.32 Å². The maximum Gasteiger partial charge on any atom is 0.274 e. The lowest BCUT2D eigenvalue weighted by atomic mass is 10.1. The zero-order chi connectivity index (χ0) is 17.0. The topological polar surface area (TPSA) is 81.5 Å². The normalized spacial score (nSPS) is 11.6. The summed E-state index contributed by atoms with van der Waals surface area (Å²) in [6.07, 6.45) is -0.848. The third-order valence-corrected chi connectivity index (χ3v) is 3.26. The van der Waals surface area contributed by atoms with Gasteiger partial charge in [-0.2, -0.15) is 0 Å². The van der Waals surface area contributed by atoms with E-state index in [1.807, 2.05) is 0 Å². The Morgan fingerprint density at radius 3 is 2.52 bits per heavy atom. The van der Waals surface area contributed by atoms with Crippen molar-refractivity contribution in [3.8, 4) is 5.75 Å². The fraction of sp³-hybridized carbons (Fsp3) is 0.188. The average molecular weight is 318 g/mol. The number of hydrogen-bond donors (Lipinski definition) is 1. The SMILES string of the molecule is Cc1c(NC(=O)[C@@H](C)Oc2ccc(F)cc2)cccc1[N+](=O)[O-]. The van der Waals surface area contributed by atoms with Crippen molar-refractivity contribution in [3.63, 3.8) is 0 Å². The predicted octanol–water partition coefficient (Wildman–Crippen LogP) is 3.45. The van der Waals surface area contributed by atoms with Gasteiger partial charge >= 0.3 is 0 Å². The number of nitro benzene ring substituents is 1. The molecule has 0 aromatic heterocycles. The minimum absolute atomic E-state index is 0.0742. The lowest BCUT2D eigenvalue weighted by Crippen LogP contribution is -2.30. The molecule has 2 aromatic carbocycles. The van der Waals surface area contributed by atoms with Gasteiger partial charge in [0.05, 0.1) is 16.2 Å². The second kappa shape index (κ2) is 6.87. The molecule has 0 heterocycles. The molecule has 1 N–H and O–H groups in total. The van der Waals surface area contributed by atoms with E-state index in [-0.39, 0.29) is 5.69 Å². The van der Waals surface area contributed by atoms with Crippen LogP contribution >= 0.6 is 0 Å². The first kappa shape index (κ1) is 16.4. The third kappa shape index (κ3) is 4.03. The highest BCUT2D eigenvalue weighted by Crippen LogP contribution is 2.25. The number of amides is 1. The van der Waals surface area contributed by atoms with Crippen molar-refractivity contribution in [1.29, 1.82) is 0 Å². The van der Waals surface area contributed by atoms with Crippen molar-refractivity contribution in [2.75, 3.05) is 5.32 Å². The van der Waals surface area contributed by atoms with E-state index in [1.165, 1.54) is 43.3 Å². The van der Waals surface area contributed by atoms with Crippen molar-refractivity contribution in [2.24, 2.45) is 0 Å². The Bertz CT molecular complexity index is 731. The van der Waals surface area contributed by atoms with Crippen LogP contribution in [0.4, 0.5) is 15.8 Å². The molecule has 2 aromatic rings. The summed E-state index contributed by atoms with van der Waals surface area (Å²) < 4.78 is 18.2. The number of nitrogens with zero attached hydrogens (tertiary/aromatic N) is 1. The first-order valence-electron chi connectivity index (χ1n) is 6.85. The summed E-state index contributed by atoms with van der Waals surface area (Å²) in [6, 6.07) is 9.71. The number of rotatable bonds is 5. The predicted molar refractivity (Wildman–Crippen MR) is 83.0 cm³/mol. The Morgan fingerprint density at radius 2 is 1.91 bits per heavy atom. The van der Waals surface area contributed by atoms with Gasteiger partial charge in [-0.05, 0) is 44.2 Å².